The third kappa shape index (κ3) is 3.14. The van der Waals surface area contributed by atoms with Gasteiger partial charge in [0.15, 0.2) is 6.10 Å². The predicted octanol–water partition coefficient (Wildman–Crippen LogP) is 1.39. The largest absolute Gasteiger partial charge is 0.479 e. The van der Waals surface area contributed by atoms with Crippen LogP contribution in [-0.2, 0) is 15.7 Å². The second-order valence-electron chi connectivity index (χ2n) is 4.05. The number of aromatic nitrogens is 1. The summed E-state index contributed by atoms with van der Waals surface area (Å²) in [7, 11) is 0. The smallest absolute Gasteiger partial charge is 0.417 e. The number of nitrogens with zero attached hydrogens (tertiary/aromatic N) is 2. The molecule has 19 heavy (non-hydrogen) atoms. The maximum atomic E-state index is 12.4. The predicted molar refractivity (Wildman–Crippen MR) is 58.8 cm³/mol. The van der Waals surface area contributed by atoms with Crippen LogP contribution < -0.4 is 4.90 Å². The highest BCUT2D eigenvalue weighted by Crippen LogP contribution is 2.29. The first-order chi connectivity index (χ1) is 8.88. The lowest BCUT2D eigenvalue weighted by molar-refractivity contribution is -0.150. The van der Waals surface area contributed by atoms with E-state index in [1.54, 1.807) is 4.90 Å². The highest BCUT2D eigenvalue weighted by molar-refractivity contribution is 5.73. The van der Waals surface area contributed by atoms with E-state index < -0.39 is 23.8 Å². The van der Waals surface area contributed by atoms with E-state index in [4.69, 9.17) is 9.84 Å². The zero-order chi connectivity index (χ0) is 14.0. The van der Waals surface area contributed by atoms with Crippen molar-refractivity contribution in [1.29, 1.82) is 0 Å². The molecule has 0 radical (unpaired) electrons. The van der Waals surface area contributed by atoms with Crippen LogP contribution in [0.3, 0.4) is 0 Å². The summed E-state index contributed by atoms with van der Waals surface area (Å²) in [6.07, 6.45) is -4.68. The molecule has 1 unspecified atom stereocenters. The number of aliphatic carboxylic acids is 1. The van der Waals surface area contributed by atoms with Crippen molar-refractivity contribution in [2.24, 2.45) is 0 Å². The Kier molecular flexibility index (Phi) is 3.61. The van der Waals surface area contributed by atoms with Gasteiger partial charge in [-0.05, 0) is 12.1 Å². The van der Waals surface area contributed by atoms with E-state index in [1.165, 1.54) is 6.07 Å². The number of anilines is 1. The Bertz CT molecular complexity index is 461. The van der Waals surface area contributed by atoms with E-state index in [0.717, 1.165) is 12.3 Å². The van der Waals surface area contributed by atoms with Crippen molar-refractivity contribution in [3.05, 3.63) is 23.9 Å². The Balaban J connectivity index is 2.12. The molecule has 0 spiro atoms. The van der Waals surface area contributed by atoms with Crippen LogP contribution >= 0.6 is 0 Å². The minimum absolute atomic E-state index is 0.0632. The van der Waals surface area contributed by atoms with Gasteiger partial charge in [0.05, 0.1) is 18.7 Å². The third-order valence-electron chi connectivity index (χ3n) is 2.74. The van der Waals surface area contributed by atoms with Crippen LogP contribution in [0.25, 0.3) is 0 Å². The number of ether oxygens (including phenoxy) is 1. The summed E-state index contributed by atoms with van der Waals surface area (Å²) in [6.45, 7) is 0.648. The molecule has 0 saturated carbocycles. The number of rotatable bonds is 2. The van der Waals surface area contributed by atoms with Gasteiger partial charge in [0, 0.05) is 12.7 Å². The summed E-state index contributed by atoms with van der Waals surface area (Å²) in [6, 6.07) is 2.15. The molecule has 1 aromatic heterocycles. The molecular weight excluding hydrogens is 265 g/mol. The number of pyridine rings is 1. The first-order valence-corrected chi connectivity index (χ1v) is 5.50. The highest BCUT2D eigenvalue weighted by atomic mass is 19.4. The maximum absolute atomic E-state index is 12.4. The first-order valence-electron chi connectivity index (χ1n) is 5.50. The molecule has 1 aliphatic rings. The topological polar surface area (TPSA) is 62.7 Å². The number of halogens is 3. The molecule has 1 atom stereocenters. The molecule has 0 aromatic carbocycles. The van der Waals surface area contributed by atoms with Crippen LogP contribution in [-0.4, -0.2) is 41.9 Å². The van der Waals surface area contributed by atoms with Crippen molar-refractivity contribution in [2.75, 3.05) is 24.6 Å². The molecule has 1 fully saturated rings. The van der Waals surface area contributed by atoms with E-state index in [-0.39, 0.29) is 13.2 Å². The molecule has 0 amide bonds. The fourth-order valence-corrected chi connectivity index (χ4v) is 1.75. The minimum Gasteiger partial charge on any atom is -0.479 e. The Morgan fingerprint density at radius 3 is 2.74 bits per heavy atom. The molecular formula is C11H11F3N2O3. The van der Waals surface area contributed by atoms with Gasteiger partial charge in [-0.25, -0.2) is 9.78 Å². The molecule has 2 heterocycles. The zero-order valence-electron chi connectivity index (χ0n) is 9.72. The summed E-state index contributed by atoms with van der Waals surface area (Å²) >= 11 is 0. The van der Waals surface area contributed by atoms with Crippen molar-refractivity contribution in [2.45, 2.75) is 12.3 Å². The number of hydrogen-bond donors (Lipinski definition) is 1. The molecule has 1 aromatic rings. The molecule has 2 rings (SSSR count). The van der Waals surface area contributed by atoms with Gasteiger partial charge in [0.25, 0.3) is 0 Å². The van der Waals surface area contributed by atoms with E-state index in [2.05, 4.69) is 4.98 Å². The summed E-state index contributed by atoms with van der Waals surface area (Å²) < 4.78 is 42.2. The average Bonchev–Trinajstić information content (AvgIpc) is 2.38. The van der Waals surface area contributed by atoms with Crippen LogP contribution in [0.4, 0.5) is 19.0 Å². The van der Waals surface area contributed by atoms with Gasteiger partial charge in [0.1, 0.15) is 5.82 Å². The van der Waals surface area contributed by atoms with Crippen molar-refractivity contribution in [3.8, 4) is 0 Å². The number of carbonyl (C=O) groups is 1. The molecule has 1 N–H and O–H groups in total. The van der Waals surface area contributed by atoms with Crippen LogP contribution in [0, 0.1) is 0 Å². The fraction of sp³-hybridized carbons (Fsp3) is 0.455. The molecule has 1 saturated heterocycles. The van der Waals surface area contributed by atoms with E-state index in [1.807, 2.05) is 0 Å². The van der Waals surface area contributed by atoms with Crippen molar-refractivity contribution in [3.63, 3.8) is 0 Å². The Morgan fingerprint density at radius 1 is 1.47 bits per heavy atom. The Morgan fingerprint density at radius 2 is 2.21 bits per heavy atom. The number of hydrogen-bond acceptors (Lipinski definition) is 4. The molecule has 0 bridgehead atoms. The number of morpholine rings is 1. The van der Waals surface area contributed by atoms with E-state index in [0.29, 0.717) is 12.4 Å². The van der Waals surface area contributed by atoms with Crippen LogP contribution in [0.15, 0.2) is 18.3 Å². The van der Waals surface area contributed by atoms with Crippen molar-refractivity contribution in [1.82, 2.24) is 4.98 Å². The van der Waals surface area contributed by atoms with Gasteiger partial charge >= 0.3 is 12.1 Å². The van der Waals surface area contributed by atoms with Gasteiger partial charge in [-0.1, -0.05) is 0 Å². The van der Waals surface area contributed by atoms with E-state index in [9.17, 15) is 18.0 Å². The monoisotopic (exact) mass is 276 g/mol. The number of carboxylic acids is 1. The van der Waals surface area contributed by atoms with Gasteiger partial charge < -0.3 is 14.7 Å². The van der Waals surface area contributed by atoms with E-state index >= 15 is 0 Å². The standard InChI is InChI=1S/C11H11F3N2O3/c12-11(13,14)7-1-2-9(15-5-7)16-3-4-19-8(6-16)10(17)18/h1-2,5,8H,3-4,6H2,(H,17,18). The third-order valence-corrected chi connectivity index (χ3v) is 2.74. The summed E-state index contributed by atoms with van der Waals surface area (Å²) in [5.41, 5.74) is -0.834. The summed E-state index contributed by atoms with van der Waals surface area (Å²) in [5.74, 6) is -0.792. The van der Waals surface area contributed by atoms with Crippen LogP contribution in [0.1, 0.15) is 5.56 Å². The van der Waals surface area contributed by atoms with Gasteiger partial charge in [-0.2, -0.15) is 13.2 Å². The SMILES string of the molecule is O=C(O)C1CN(c2ccc(C(F)(F)F)cn2)CCO1. The molecule has 8 heteroatoms. The maximum Gasteiger partial charge on any atom is 0.417 e. The molecule has 104 valence electrons. The second kappa shape index (κ2) is 5.04. The van der Waals surface area contributed by atoms with Crippen molar-refractivity contribution < 1.29 is 27.8 Å². The average molecular weight is 276 g/mol. The molecule has 1 aliphatic heterocycles. The molecule has 0 aliphatic carbocycles. The molecule has 5 nitrogen and oxygen atoms in total. The minimum atomic E-state index is -4.43. The lowest BCUT2D eigenvalue weighted by Gasteiger charge is -2.31. The normalized spacial score (nSPS) is 20.4. The number of carboxylic acid groups (broad SMARTS) is 1. The fourth-order valence-electron chi connectivity index (χ4n) is 1.75. The first kappa shape index (κ1) is 13.6. The van der Waals surface area contributed by atoms with Crippen LogP contribution in [0.5, 0.6) is 0 Å². The quantitative estimate of drug-likeness (QED) is 0.884. The number of alkyl halides is 3. The zero-order valence-corrected chi connectivity index (χ0v) is 9.72. The lowest BCUT2D eigenvalue weighted by atomic mass is 10.2. The van der Waals surface area contributed by atoms with Gasteiger partial charge in [0.2, 0.25) is 0 Å². The second-order valence-corrected chi connectivity index (χ2v) is 4.05. The highest BCUT2D eigenvalue weighted by Gasteiger charge is 2.31. The van der Waals surface area contributed by atoms with Crippen LogP contribution in [0.2, 0.25) is 0 Å². The Hall–Kier alpha value is -1.83. The van der Waals surface area contributed by atoms with Gasteiger partial charge in [-0.15, -0.1) is 0 Å². The lowest BCUT2D eigenvalue weighted by Crippen LogP contribution is -2.46. The van der Waals surface area contributed by atoms with Gasteiger partial charge in [-0.3, -0.25) is 0 Å². The Labute approximate surface area is 106 Å². The summed E-state index contributed by atoms with van der Waals surface area (Å²) in [5, 5.41) is 8.83. The summed E-state index contributed by atoms with van der Waals surface area (Å²) in [4.78, 5) is 16.1. The van der Waals surface area contributed by atoms with Crippen molar-refractivity contribution >= 4 is 11.8 Å².